The summed E-state index contributed by atoms with van der Waals surface area (Å²) in [5.41, 5.74) is -0.565. The number of aromatic hydroxyl groups is 1. The molecule has 1 unspecified atom stereocenters. The Kier molecular flexibility index (Phi) is 3.02. The van der Waals surface area contributed by atoms with Crippen molar-refractivity contribution in [3.05, 3.63) is 29.1 Å². The molecule has 1 aromatic rings. The third kappa shape index (κ3) is 1.85. The third-order valence-corrected chi connectivity index (χ3v) is 2.42. The van der Waals surface area contributed by atoms with Gasteiger partial charge in [0.25, 0.3) is 0 Å². The lowest BCUT2D eigenvalue weighted by atomic mass is 10.1. The molecule has 0 saturated carbocycles. The molecule has 0 amide bonds. The predicted octanol–water partition coefficient (Wildman–Crippen LogP) is 1.47. The molecule has 0 spiro atoms. The lowest BCUT2D eigenvalue weighted by molar-refractivity contribution is 0.0224. The summed E-state index contributed by atoms with van der Waals surface area (Å²) in [5, 5.41) is 11.9. The van der Waals surface area contributed by atoms with Crippen molar-refractivity contribution in [2.24, 2.45) is 0 Å². The van der Waals surface area contributed by atoms with Crippen molar-refractivity contribution in [1.82, 2.24) is 5.32 Å². The first-order valence-corrected chi connectivity index (χ1v) is 4.80. The summed E-state index contributed by atoms with van der Waals surface area (Å²) < 4.78 is 45.0. The predicted molar refractivity (Wildman–Crippen MR) is 49.5 cm³/mol. The Labute approximate surface area is 89.8 Å². The van der Waals surface area contributed by atoms with Gasteiger partial charge in [0, 0.05) is 19.2 Å². The summed E-state index contributed by atoms with van der Waals surface area (Å²) in [6.07, 6.45) is -0.921. The molecule has 1 aromatic carbocycles. The number of benzene rings is 1. The lowest BCUT2D eigenvalue weighted by Gasteiger charge is -2.24. The molecule has 0 bridgehead atoms. The van der Waals surface area contributed by atoms with Crippen LogP contribution in [0.1, 0.15) is 11.7 Å². The van der Waals surface area contributed by atoms with Crippen LogP contribution in [0.3, 0.4) is 0 Å². The Hall–Kier alpha value is -1.27. The van der Waals surface area contributed by atoms with E-state index < -0.39 is 34.9 Å². The van der Waals surface area contributed by atoms with E-state index in [0.717, 1.165) is 0 Å². The number of halogens is 3. The molecule has 1 aliphatic rings. The Morgan fingerprint density at radius 3 is 2.69 bits per heavy atom. The molecule has 6 heteroatoms. The largest absolute Gasteiger partial charge is 0.505 e. The Balaban J connectivity index is 2.45. The fraction of sp³-hybridized carbons (Fsp3) is 0.400. The molecule has 0 aromatic heterocycles. The van der Waals surface area contributed by atoms with E-state index in [1.54, 1.807) is 0 Å². The van der Waals surface area contributed by atoms with E-state index in [9.17, 15) is 13.2 Å². The Morgan fingerprint density at radius 2 is 2.06 bits per heavy atom. The summed E-state index contributed by atoms with van der Waals surface area (Å²) >= 11 is 0. The maximum Gasteiger partial charge on any atom is 0.173 e. The first-order chi connectivity index (χ1) is 7.61. The standard InChI is InChI=1S/C10H10F3NO2/c11-5-3-6(15)10(13)8(9(5)12)7-4-14-1-2-16-7/h3,7,14-15H,1-2,4H2. The molecule has 1 heterocycles. The van der Waals surface area contributed by atoms with Gasteiger partial charge in [-0.3, -0.25) is 0 Å². The molecule has 1 saturated heterocycles. The van der Waals surface area contributed by atoms with E-state index in [1.165, 1.54) is 0 Å². The summed E-state index contributed by atoms with van der Waals surface area (Å²) in [5.74, 6) is -4.69. The molecule has 2 rings (SSSR count). The van der Waals surface area contributed by atoms with Crippen LogP contribution in [-0.2, 0) is 4.74 Å². The number of hydrogen-bond donors (Lipinski definition) is 2. The average Bonchev–Trinajstić information content (AvgIpc) is 2.28. The average molecular weight is 233 g/mol. The van der Waals surface area contributed by atoms with Crippen molar-refractivity contribution in [1.29, 1.82) is 0 Å². The van der Waals surface area contributed by atoms with Gasteiger partial charge in [-0.2, -0.15) is 0 Å². The number of hydrogen-bond acceptors (Lipinski definition) is 3. The number of ether oxygens (including phenoxy) is 1. The van der Waals surface area contributed by atoms with E-state index >= 15 is 0 Å². The van der Waals surface area contributed by atoms with Crippen LogP contribution in [-0.4, -0.2) is 24.8 Å². The van der Waals surface area contributed by atoms with Crippen molar-refractivity contribution < 1.29 is 23.0 Å². The van der Waals surface area contributed by atoms with Gasteiger partial charge in [0.2, 0.25) is 0 Å². The van der Waals surface area contributed by atoms with Crippen molar-refractivity contribution in [2.75, 3.05) is 19.7 Å². The van der Waals surface area contributed by atoms with E-state index in [1.807, 2.05) is 0 Å². The van der Waals surface area contributed by atoms with Gasteiger partial charge in [-0.25, -0.2) is 13.2 Å². The summed E-state index contributed by atoms with van der Waals surface area (Å²) in [7, 11) is 0. The Bertz CT molecular complexity index is 379. The van der Waals surface area contributed by atoms with Crippen LogP contribution >= 0.6 is 0 Å². The molecule has 1 atom stereocenters. The fourth-order valence-electron chi connectivity index (χ4n) is 1.64. The second-order valence-corrected chi connectivity index (χ2v) is 3.48. The van der Waals surface area contributed by atoms with Gasteiger partial charge in [0.1, 0.15) is 6.10 Å². The van der Waals surface area contributed by atoms with Crippen LogP contribution in [0.25, 0.3) is 0 Å². The highest BCUT2D eigenvalue weighted by molar-refractivity contribution is 5.34. The van der Waals surface area contributed by atoms with Crippen LogP contribution < -0.4 is 5.32 Å². The lowest BCUT2D eigenvalue weighted by Crippen LogP contribution is -2.34. The normalized spacial score (nSPS) is 21.1. The van der Waals surface area contributed by atoms with E-state index in [-0.39, 0.29) is 13.2 Å². The van der Waals surface area contributed by atoms with Crippen molar-refractivity contribution in [3.63, 3.8) is 0 Å². The zero-order valence-corrected chi connectivity index (χ0v) is 8.27. The van der Waals surface area contributed by atoms with Gasteiger partial charge < -0.3 is 15.2 Å². The number of nitrogens with one attached hydrogen (secondary N) is 1. The first kappa shape index (κ1) is 11.2. The molecule has 1 aliphatic heterocycles. The third-order valence-electron chi connectivity index (χ3n) is 2.42. The summed E-state index contributed by atoms with van der Waals surface area (Å²) in [4.78, 5) is 0. The van der Waals surface area contributed by atoms with E-state index in [2.05, 4.69) is 5.32 Å². The van der Waals surface area contributed by atoms with Gasteiger partial charge in [-0.1, -0.05) is 0 Å². The van der Waals surface area contributed by atoms with Crippen LogP contribution in [0.15, 0.2) is 6.07 Å². The molecule has 16 heavy (non-hydrogen) atoms. The minimum atomic E-state index is -1.32. The van der Waals surface area contributed by atoms with Crippen molar-refractivity contribution in [2.45, 2.75) is 6.10 Å². The monoisotopic (exact) mass is 233 g/mol. The zero-order valence-electron chi connectivity index (χ0n) is 8.27. The molecule has 0 aliphatic carbocycles. The second kappa shape index (κ2) is 4.31. The number of morpholine rings is 1. The van der Waals surface area contributed by atoms with Crippen molar-refractivity contribution >= 4 is 0 Å². The van der Waals surface area contributed by atoms with Crippen molar-refractivity contribution in [3.8, 4) is 5.75 Å². The maximum absolute atomic E-state index is 13.5. The van der Waals surface area contributed by atoms with Gasteiger partial charge in [-0.15, -0.1) is 0 Å². The van der Waals surface area contributed by atoms with Gasteiger partial charge in [0.05, 0.1) is 12.2 Å². The highest BCUT2D eigenvalue weighted by Crippen LogP contribution is 2.31. The highest BCUT2D eigenvalue weighted by Gasteiger charge is 2.27. The minimum Gasteiger partial charge on any atom is -0.505 e. The molecule has 3 nitrogen and oxygen atoms in total. The molecule has 0 radical (unpaired) electrons. The topological polar surface area (TPSA) is 41.5 Å². The zero-order chi connectivity index (χ0) is 11.7. The minimum absolute atomic E-state index is 0.177. The van der Waals surface area contributed by atoms with E-state index in [4.69, 9.17) is 9.84 Å². The summed E-state index contributed by atoms with van der Waals surface area (Å²) in [6, 6.07) is 0.407. The molecule has 1 fully saturated rings. The number of phenolic OH excluding ortho intramolecular Hbond substituents is 1. The van der Waals surface area contributed by atoms with Crippen LogP contribution in [0, 0.1) is 17.5 Å². The fourth-order valence-corrected chi connectivity index (χ4v) is 1.64. The molecule has 88 valence electrons. The second-order valence-electron chi connectivity index (χ2n) is 3.48. The van der Waals surface area contributed by atoms with E-state index in [0.29, 0.717) is 12.6 Å². The van der Waals surface area contributed by atoms with Crippen LogP contribution in [0.2, 0.25) is 0 Å². The maximum atomic E-state index is 13.5. The quantitative estimate of drug-likeness (QED) is 0.722. The molecule has 2 N–H and O–H groups in total. The first-order valence-electron chi connectivity index (χ1n) is 4.80. The SMILES string of the molecule is Oc1cc(F)c(F)c(C2CNCCO2)c1F. The number of phenols is 1. The van der Waals surface area contributed by atoms with Crippen LogP contribution in [0.5, 0.6) is 5.75 Å². The van der Waals surface area contributed by atoms with Gasteiger partial charge >= 0.3 is 0 Å². The Morgan fingerprint density at radius 1 is 1.31 bits per heavy atom. The smallest absolute Gasteiger partial charge is 0.173 e. The molecular weight excluding hydrogens is 223 g/mol. The summed E-state index contributed by atoms with van der Waals surface area (Å²) in [6.45, 7) is 1.03. The van der Waals surface area contributed by atoms with Gasteiger partial charge in [0.15, 0.2) is 23.2 Å². The van der Waals surface area contributed by atoms with Gasteiger partial charge in [-0.05, 0) is 0 Å². The highest BCUT2D eigenvalue weighted by atomic mass is 19.2. The number of rotatable bonds is 1. The molecular formula is C10H10F3NO2. The van der Waals surface area contributed by atoms with Crippen LogP contribution in [0.4, 0.5) is 13.2 Å².